The third-order valence-corrected chi connectivity index (χ3v) is 4.90. The van der Waals surface area contributed by atoms with Crippen LogP contribution in [0.1, 0.15) is 30.6 Å². The highest BCUT2D eigenvalue weighted by Crippen LogP contribution is 2.28. The van der Waals surface area contributed by atoms with Crippen molar-refractivity contribution >= 4 is 40.0 Å². The van der Waals surface area contributed by atoms with Crippen LogP contribution >= 0.6 is 0 Å². The highest BCUT2D eigenvalue weighted by molar-refractivity contribution is 5.99. The summed E-state index contributed by atoms with van der Waals surface area (Å²) < 4.78 is 14.8. The molecule has 3 aromatic rings. The second kappa shape index (κ2) is 8.95. The number of hydrogen-bond donors (Lipinski definition) is 3. The Balaban J connectivity index is 2.04. The summed E-state index contributed by atoms with van der Waals surface area (Å²) in [5.74, 6) is -2.14. The number of amides is 2. The van der Waals surface area contributed by atoms with Gasteiger partial charge in [0, 0.05) is 12.4 Å². The van der Waals surface area contributed by atoms with Gasteiger partial charge in [0.05, 0.1) is 23.0 Å². The molecule has 2 amide bonds. The zero-order valence-electron chi connectivity index (χ0n) is 17.6. The van der Waals surface area contributed by atoms with E-state index in [2.05, 4.69) is 15.3 Å². The van der Waals surface area contributed by atoms with E-state index in [1.165, 1.54) is 11.9 Å². The van der Waals surface area contributed by atoms with Crippen molar-refractivity contribution < 1.29 is 14.0 Å². The monoisotopic (exact) mass is 424 g/mol. The Morgan fingerprint density at radius 1 is 1.19 bits per heavy atom. The highest BCUT2D eigenvalue weighted by Gasteiger charge is 2.27. The predicted molar refractivity (Wildman–Crippen MR) is 119 cm³/mol. The molecule has 0 radical (unpaired) electrons. The summed E-state index contributed by atoms with van der Waals surface area (Å²) in [6.45, 7) is 3.87. The zero-order chi connectivity index (χ0) is 22.7. The van der Waals surface area contributed by atoms with Gasteiger partial charge in [-0.1, -0.05) is 32.0 Å². The molecule has 0 aliphatic carbocycles. The van der Waals surface area contributed by atoms with Gasteiger partial charge in [-0.05, 0) is 30.5 Å². The van der Waals surface area contributed by atoms with E-state index in [9.17, 15) is 14.0 Å². The standard InChI is InChI=1S/C22H25FN6O2/c1-12(2)8-18(20(25)31)29(3)22-16(23)10-15(19(24)30)21(28-22)27-14-9-13-6-4-5-7-17(13)26-11-14/h4-7,9-12,18H,8H2,1-3H3,(H2,24,30)(H2,25,31)(H,27,28). The summed E-state index contributed by atoms with van der Waals surface area (Å²) in [6.07, 6.45) is 1.99. The smallest absolute Gasteiger partial charge is 0.252 e. The maximum Gasteiger partial charge on any atom is 0.252 e. The highest BCUT2D eigenvalue weighted by atomic mass is 19.1. The van der Waals surface area contributed by atoms with E-state index in [4.69, 9.17) is 11.5 Å². The molecule has 8 nitrogen and oxygen atoms in total. The maximum atomic E-state index is 14.8. The Hall–Kier alpha value is -3.75. The summed E-state index contributed by atoms with van der Waals surface area (Å²) in [4.78, 5) is 33.9. The molecule has 0 aliphatic rings. The van der Waals surface area contributed by atoms with Gasteiger partial charge in [0.15, 0.2) is 11.6 Å². The molecule has 0 aliphatic heterocycles. The lowest BCUT2D eigenvalue weighted by atomic mass is 10.0. The lowest BCUT2D eigenvalue weighted by Crippen LogP contribution is -2.44. The summed E-state index contributed by atoms with van der Waals surface area (Å²) in [6, 6.07) is 9.59. The van der Waals surface area contributed by atoms with Crippen LogP contribution < -0.4 is 21.7 Å². The Labute approximate surface area is 179 Å². The van der Waals surface area contributed by atoms with Gasteiger partial charge in [0.2, 0.25) is 5.91 Å². The number of para-hydroxylation sites is 1. The topological polar surface area (TPSA) is 127 Å². The quantitative estimate of drug-likeness (QED) is 0.510. The first-order valence-corrected chi connectivity index (χ1v) is 9.81. The second-order valence-electron chi connectivity index (χ2n) is 7.75. The van der Waals surface area contributed by atoms with Crippen LogP contribution in [-0.4, -0.2) is 34.9 Å². The van der Waals surface area contributed by atoms with Crippen molar-refractivity contribution in [2.75, 3.05) is 17.3 Å². The average Bonchev–Trinajstić information content (AvgIpc) is 2.72. The van der Waals surface area contributed by atoms with Crippen molar-refractivity contribution in [1.82, 2.24) is 9.97 Å². The van der Waals surface area contributed by atoms with Crippen LogP contribution in [0, 0.1) is 11.7 Å². The number of nitrogens with one attached hydrogen (secondary N) is 1. The molecule has 9 heteroatoms. The van der Waals surface area contributed by atoms with Crippen molar-refractivity contribution in [2.24, 2.45) is 17.4 Å². The number of aromatic nitrogens is 2. The van der Waals surface area contributed by atoms with E-state index in [1.54, 1.807) is 6.20 Å². The van der Waals surface area contributed by atoms with Crippen LogP contribution in [0.15, 0.2) is 42.6 Å². The van der Waals surface area contributed by atoms with E-state index >= 15 is 0 Å². The number of benzene rings is 1. The van der Waals surface area contributed by atoms with Gasteiger partial charge in [-0.2, -0.15) is 0 Å². The van der Waals surface area contributed by atoms with Crippen molar-refractivity contribution in [3.63, 3.8) is 0 Å². The molecule has 31 heavy (non-hydrogen) atoms. The van der Waals surface area contributed by atoms with E-state index < -0.39 is 23.7 Å². The van der Waals surface area contributed by atoms with Crippen LogP contribution in [0.2, 0.25) is 0 Å². The summed E-state index contributed by atoms with van der Waals surface area (Å²) in [5, 5.41) is 3.87. The molecule has 1 atom stereocenters. The van der Waals surface area contributed by atoms with E-state index in [0.717, 1.165) is 17.0 Å². The number of carbonyl (C=O) groups is 2. The summed E-state index contributed by atoms with van der Waals surface area (Å²) in [5.41, 5.74) is 12.2. The molecular weight excluding hydrogens is 399 g/mol. The molecule has 0 bridgehead atoms. The van der Waals surface area contributed by atoms with Gasteiger partial charge < -0.3 is 21.7 Å². The predicted octanol–water partition coefficient (Wildman–Crippen LogP) is 2.95. The minimum Gasteiger partial charge on any atom is -0.368 e. The van der Waals surface area contributed by atoms with Crippen molar-refractivity contribution in [2.45, 2.75) is 26.3 Å². The molecule has 3 rings (SSSR count). The zero-order valence-corrected chi connectivity index (χ0v) is 17.6. The lowest BCUT2D eigenvalue weighted by Gasteiger charge is -2.28. The number of pyridine rings is 2. The largest absolute Gasteiger partial charge is 0.368 e. The van der Waals surface area contributed by atoms with Crippen molar-refractivity contribution in [3.8, 4) is 0 Å². The molecule has 2 aromatic heterocycles. The van der Waals surface area contributed by atoms with Crippen LogP contribution in [-0.2, 0) is 4.79 Å². The maximum absolute atomic E-state index is 14.8. The Morgan fingerprint density at radius 3 is 2.55 bits per heavy atom. The Morgan fingerprint density at radius 2 is 1.90 bits per heavy atom. The Kier molecular flexibility index (Phi) is 6.33. The summed E-state index contributed by atoms with van der Waals surface area (Å²) >= 11 is 0. The molecule has 0 saturated heterocycles. The molecular formula is C22H25FN6O2. The average molecular weight is 424 g/mol. The number of anilines is 3. The molecule has 1 unspecified atom stereocenters. The first-order valence-electron chi connectivity index (χ1n) is 9.81. The van der Waals surface area contributed by atoms with Gasteiger partial charge in [-0.15, -0.1) is 0 Å². The first-order chi connectivity index (χ1) is 14.7. The van der Waals surface area contributed by atoms with E-state index in [0.29, 0.717) is 12.1 Å². The van der Waals surface area contributed by atoms with E-state index in [-0.39, 0.29) is 23.1 Å². The molecule has 1 aromatic carbocycles. The van der Waals surface area contributed by atoms with Gasteiger partial charge in [0.1, 0.15) is 11.9 Å². The number of likely N-dealkylation sites (N-methyl/N-ethyl adjacent to an activating group) is 1. The fourth-order valence-electron chi connectivity index (χ4n) is 3.34. The fourth-order valence-corrected chi connectivity index (χ4v) is 3.34. The molecule has 162 valence electrons. The number of rotatable bonds is 8. The van der Waals surface area contributed by atoms with Crippen LogP contribution in [0.25, 0.3) is 10.9 Å². The third kappa shape index (κ3) is 4.88. The number of nitrogens with two attached hydrogens (primary N) is 2. The molecule has 0 saturated carbocycles. The molecule has 5 N–H and O–H groups in total. The van der Waals surface area contributed by atoms with Gasteiger partial charge >= 0.3 is 0 Å². The SMILES string of the molecule is CC(C)CC(C(N)=O)N(C)c1nc(Nc2cnc3ccccc3c2)c(C(N)=O)cc1F. The van der Waals surface area contributed by atoms with E-state index in [1.807, 2.05) is 44.2 Å². The summed E-state index contributed by atoms with van der Waals surface area (Å²) in [7, 11) is 1.54. The number of hydrogen-bond acceptors (Lipinski definition) is 6. The minimum absolute atomic E-state index is 0.0561. The molecule has 0 spiro atoms. The van der Waals surface area contributed by atoms with Gasteiger partial charge in [-0.3, -0.25) is 14.6 Å². The van der Waals surface area contributed by atoms with Gasteiger partial charge in [0.25, 0.3) is 5.91 Å². The lowest BCUT2D eigenvalue weighted by molar-refractivity contribution is -0.119. The molecule has 0 fully saturated rings. The Bertz CT molecular complexity index is 1130. The van der Waals surface area contributed by atoms with Crippen molar-refractivity contribution in [1.29, 1.82) is 0 Å². The number of fused-ring (bicyclic) bond motifs is 1. The number of primary amides is 2. The normalized spacial score (nSPS) is 12.0. The number of carbonyl (C=O) groups excluding carboxylic acids is 2. The van der Waals surface area contributed by atoms with Crippen LogP contribution in [0.5, 0.6) is 0 Å². The molecule has 2 heterocycles. The fraction of sp³-hybridized carbons (Fsp3) is 0.273. The first kappa shape index (κ1) is 21.9. The third-order valence-electron chi connectivity index (χ3n) is 4.90. The number of nitrogens with zero attached hydrogens (tertiary/aromatic N) is 3. The van der Waals surface area contributed by atoms with Crippen LogP contribution in [0.3, 0.4) is 0 Å². The van der Waals surface area contributed by atoms with Gasteiger partial charge in [-0.25, -0.2) is 9.37 Å². The number of halogens is 1. The van der Waals surface area contributed by atoms with Crippen molar-refractivity contribution in [3.05, 3.63) is 54.0 Å². The van der Waals surface area contributed by atoms with Crippen LogP contribution in [0.4, 0.5) is 21.7 Å². The second-order valence-corrected chi connectivity index (χ2v) is 7.75. The minimum atomic E-state index is -0.842.